The van der Waals surface area contributed by atoms with E-state index in [4.69, 9.17) is 9.84 Å². The van der Waals surface area contributed by atoms with E-state index in [9.17, 15) is 14.9 Å². The van der Waals surface area contributed by atoms with Gasteiger partial charge in [0.1, 0.15) is 0 Å². The number of aromatic carboxylic acids is 1. The Morgan fingerprint density at radius 2 is 2.25 bits per heavy atom. The molecule has 0 radical (unpaired) electrons. The van der Waals surface area contributed by atoms with E-state index in [-0.39, 0.29) is 17.1 Å². The van der Waals surface area contributed by atoms with Crippen LogP contribution in [0.3, 0.4) is 0 Å². The molecule has 0 unspecified atom stereocenters. The van der Waals surface area contributed by atoms with Crippen LogP contribution in [-0.4, -0.2) is 41.2 Å². The summed E-state index contributed by atoms with van der Waals surface area (Å²) in [5.41, 5.74) is -0.538. The molecule has 20 heavy (non-hydrogen) atoms. The van der Waals surface area contributed by atoms with Crippen LogP contribution in [0.4, 0.5) is 11.5 Å². The van der Waals surface area contributed by atoms with E-state index in [2.05, 4.69) is 10.3 Å². The molecule has 110 valence electrons. The van der Waals surface area contributed by atoms with Crippen molar-refractivity contribution in [3.63, 3.8) is 0 Å². The number of hydrogen-bond donors (Lipinski definition) is 2. The van der Waals surface area contributed by atoms with Gasteiger partial charge in [0, 0.05) is 32.5 Å². The fraction of sp³-hybridized carbons (Fsp3) is 0.500. The third-order valence-electron chi connectivity index (χ3n) is 2.63. The average Bonchev–Trinajstić information content (AvgIpc) is 2.42. The molecular weight excluding hydrogens is 266 g/mol. The Morgan fingerprint density at radius 1 is 1.50 bits per heavy atom. The molecule has 8 heteroatoms. The van der Waals surface area contributed by atoms with E-state index in [1.807, 2.05) is 0 Å². The third kappa shape index (κ3) is 4.81. The average molecular weight is 283 g/mol. The summed E-state index contributed by atoms with van der Waals surface area (Å²) >= 11 is 0. The zero-order valence-electron chi connectivity index (χ0n) is 11.2. The monoisotopic (exact) mass is 283 g/mol. The third-order valence-corrected chi connectivity index (χ3v) is 2.63. The second-order valence-corrected chi connectivity index (χ2v) is 4.13. The van der Waals surface area contributed by atoms with Crippen LogP contribution in [0, 0.1) is 10.1 Å². The lowest BCUT2D eigenvalue weighted by Gasteiger charge is -2.06. The van der Waals surface area contributed by atoms with Crippen LogP contribution < -0.4 is 5.32 Å². The fourth-order valence-corrected chi connectivity index (χ4v) is 1.60. The normalized spacial score (nSPS) is 10.2. The maximum Gasteiger partial charge on any atom is 0.337 e. The number of methoxy groups -OCH3 is 1. The smallest absolute Gasteiger partial charge is 0.337 e. The Kier molecular flexibility index (Phi) is 6.38. The Morgan fingerprint density at radius 3 is 2.85 bits per heavy atom. The number of rotatable bonds is 9. The number of carboxylic acid groups (broad SMARTS) is 1. The van der Waals surface area contributed by atoms with Gasteiger partial charge in [-0.05, 0) is 19.3 Å². The number of nitrogens with one attached hydrogen (secondary N) is 1. The van der Waals surface area contributed by atoms with Gasteiger partial charge in [-0.3, -0.25) is 10.1 Å². The highest BCUT2D eigenvalue weighted by Crippen LogP contribution is 2.22. The Balaban J connectivity index is 2.60. The maximum atomic E-state index is 10.9. The van der Waals surface area contributed by atoms with Gasteiger partial charge >= 0.3 is 11.7 Å². The van der Waals surface area contributed by atoms with Crippen LogP contribution in [0.5, 0.6) is 0 Å². The van der Waals surface area contributed by atoms with Crippen molar-refractivity contribution < 1.29 is 19.6 Å². The molecule has 0 bridgehead atoms. The van der Waals surface area contributed by atoms with Gasteiger partial charge in [0.15, 0.2) is 0 Å². The number of carboxylic acids is 1. The first kappa shape index (κ1) is 15.8. The van der Waals surface area contributed by atoms with Crippen molar-refractivity contribution in [1.82, 2.24) is 4.98 Å². The van der Waals surface area contributed by atoms with E-state index in [0.717, 1.165) is 31.5 Å². The van der Waals surface area contributed by atoms with E-state index in [0.29, 0.717) is 13.2 Å². The standard InChI is InChI=1S/C12H17N3O5/c1-20-6-4-2-3-5-13-11-10(15(18)19)7-9(8-14-11)12(16)17/h7-8H,2-6H2,1H3,(H,13,14)(H,16,17). The van der Waals surface area contributed by atoms with Gasteiger partial charge in [-0.2, -0.15) is 0 Å². The minimum atomic E-state index is -1.24. The lowest BCUT2D eigenvalue weighted by Crippen LogP contribution is -2.08. The van der Waals surface area contributed by atoms with E-state index >= 15 is 0 Å². The highest BCUT2D eigenvalue weighted by atomic mass is 16.6. The molecule has 0 fully saturated rings. The predicted octanol–water partition coefficient (Wildman–Crippen LogP) is 1.92. The zero-order valence-corrected chi connectivity index (χ0v) is 11.2. The molecule has 0 amide bonds. The van der Waals surface area contributed by atoms with Crippen molar-refractivity contribution in [3.8, 4) is 0 Å². The largest absolute Gasteiger partial charge is 0.478 e. The first-order chi connectivity index (χ1) is 9.56. The van der Waals surface area contributed by atoms with Crippen molar-refractivity contribution in [1.29, 1.82) is 0 Å². The zero-order chi connectivity index (χ0) is 15.0. The molecule has 0 aliphatic heterocycles. The number of unbranched alkanes of at least 4 members (excludes halogenated alkanes) is 2. The minimum absolute atomic E-state index is 0.0896. The summed E-state index contributed by atoms with van der Waals surface area (Å²) in [5.74, 6) is -1.15. The maximum absolute atomic E-state index is 10.9. The molecule has 0 saturated carbocycles. The Hall–Kier alpha value is -2.22. The molecule has 0 aromatic carbocycles. The predicted molar refractivity (Wildman–Crippen MR) is 72.1 cm³/mol. The lowest BCUT2D eigenvalue weighted by molar-refractivity contribution is -0.384. The number of aromatic nitrogens is 1. The van der Waals surface area contributed by atoms with Crippen LogP contribution in [-0.2, 0) is 4.74 Å². The molecular formula is C12H17N3O5. The topological polar surface area (TPSA) is 115 Å². The number of hydrogen-bond acceptors (Lipinski definition) is 6. The number of pyridine rings is 1. The number of ether oxygens (including phenoxy) is 1. The van der Waals surface area contributed by atoms with Crippen LogP contribution >= 0.6 is 0 Å². The first-order valence-electron chi connectivity index (χ1n) is 6.16. The second kappa shape index (κ2) is 8.05. The number of anilines is 1. The molecule has 1 aromatic heterocycles. The van der Waals surface area contributed by atoms with Gasteiger partial charge in [-0.1, -0.05) is 0 Å². The van der Waals surface area contributed by atoms with E-state index in [1.54, 1.807) is 7.11 Å². The van der Waals surface area contributed by atoms with Gasteiger partial charge in [-0.15, -0.1) is 0 Å². The van der Waals surface area contributed by atoms with Crippen LogP contribution in [0.15, 0.2) is 12.3 Å². The quantitative estimate of drug-likeness (QED) is 0.404. The Labute approximate surface area is 115 Å². The summed E-state index contributed by atoms with van der Waals surface area (Å²) in [6.45, 7) is 1.22. The summed E-state index contributed by atoms with van der Waals surface area (Å²) < 4.78 is 4.92. The first-order valence-corrected chi connectivity index (χ1v) is 6.16. The summed E-state index contributed by atoms with van der Waals surface area (Å²) in [6.07, 6.45) is 3.78. The van der Waals surface area contributed by atoms with E-state index < -0.39 is 10.9 Å². The van der Waals surface area contributed by atoms with Gasteiger partial charge in [-0.25, -0.2) is 9.78 Å². The van der Waals surface area contributed by atoms with Gasteiger partial charge in [0.25, 0.3) is 0 Å². The summed E-state index contributed by atoms with van der Waals surface area (Å²) in [5, 5.41) is 22.5. The number of carbonyl (C=O) groups is 1. The van der Waals surface area contributed by atoms with Crippen molar-refractivity contribution >= 4 is 17.5 Å². The molecule has 1 heterocycles. The van der Waals surface area contributed by atoms with Crippen LogP contribution in [0.25, 0.3) is 0 Å². The summed E-state index contributed by atoms with van der Waals surface area (Å²) in [7, 11) is 1.63. The van der Waals surface area contributed by atoms with Gasteiger partial charge in [0.05, 0.1) is 10.5 Å². The molecule has 1 aromatic rings. The lowest BCUT2D eigenvalue weighted by atomic mass is 10.2. The van der Waals surface area contributed by atoms with Crippen molar-refractivity contribution in [2.75, 3.05) is 25.6 Å². The molecule has 2 N–H and O–H groups in total. The SMILES string of the molecule is COCCCCCNc1ncc(C(=O)O)cc1[N+](=O)[O-]. The Bertz CT molecular complexity index is 478. The minimum Gasteiger partial charge on any atom is -0.478 e. The number of nitrogens with zero attached hydrogens (tertiary/aromatic N) is 2. The molecule has 1 rings (SSSR count). The molecule has 0 saturated heterocycles. The van der Waals surface area contributed by atoms with Crippen LogP contribution in [0.2, 0.25) is 0 Å². The molecule has 0 aliphatic carbocycles. The molecule has 8 nitrogen and oxygen atoms in total. The highest BCUT2D eigenvalue weighted by Gasteiger charge is 2.18. The van der Waals surface area contributed by atoms with Gasteiger partial charge < -0.3 is 15.2 Å². The van der Waals surface area contributed by atoms with Crippen molar-refractivity contribution in [3.05, 3.63) is 27.9 Å². The molecule has 0 aliphatic rings. The number of nitro groups is 1. The van der Waals surface area contributed by atoms with Crippen LogP contribution in [0.1, 0.15) is 29.6 Å². The molecule has 0 atom stereocenters. The summed E-state index contributed by atoms with van der Waals surface area (Å²) in [4.78, 5) is 24.8. The summed E-state index contributed by atoms with van der Waals surface area (Å²) in [6, 6.07) is 1.00. The van der Waals surface area contributed by atoms with Crippen molar-refractivity contribution in [2.24, 2.45) is 0 Å². The van der Waals surface area contributed by atoms with E-state index in [1.165, 1.54) is 0 Å². The van der Waals surface area contributed by atoms with Crippen molar-refractivity contribution in [2.45, 2.75) is 19.3 Å². The fourth-order valence-electron chi connectivity index (χ4n) is 1.60. The molecule has 0 spiro atoms. The van der Waals surface area contributed by atoms with Gasteiger partial charge in [0.2, 0.25) is 5.82 Å². The highest BCUT2D eigenvalue weighted by molar-refractivity contribution is 5.88. The second-order valence-electron chi connectivity index (χ2n) is 4.13.